The summed E-state index contributed by atoms with van der Waals surface area (Å²) in [5, 5.41) is 35.4. The van der Waals surface area contributed by atoms with E-state index in [4.69, 9.17) is 4.74 Å². The monoisotopic (exact) mass is 664 g/mol. The van der Waals surface area contributed by atoms with Crippen LogP contribution in [0.25, 0.3) is 0 Å². The molecule has 0 saturated heterocycles. The first kappa shape index (κ1) is 35.7. The molecule has 3 rings (SSSR count). The molecule has 1 aromatic heterocycles. The van der Waals surface area contributed by atoms with E-state index in [1.165, 1.54) is 12.1 Å². The molecule has 0 aliphatic rings. The Hall–Kier alpha value is -4.78. The number of aromatic nitrogens is 1. The molecule has 242 valence electrons. The van der Waals surface area contributed by atoms with Crippen LogP contribution in [0.2, 0.25) is 0 Å². The first-order chi connectivity index (χ1) is 21.9. The van der Waals surface area contributed by atoms with Gasteiger partial charge in [0.15, 0.2) is 25.5 Å². The van der Waals surface area contributed by atoms with Gasteiger partial charge in [0, 0.05) is 43.2 Å². The molecule has 0 unspecified atom stereocenters. The summed E-state index contributed by atoms with van der Waals surface area (Å²) in [5.41, 5.74) is 4.26. The van der Waals surface area contributed by atoms with Gasteiger partial charge in [0.2, 0.25) is 0 Å². The van der Waals surface area contributed by atoms with Crippen molar-refractivity contribution >= 4 is 54.1 Å². The lowest BCUT2D eigenvalue weighted by atomic mass is 10.1. The van der Waals surface area contributed by atoms with Crippen molar-refractivity contribution in [1.82, 2.24) is 4.98 Å². The van der Waals surface area contributed by atoms with E-state index in [2.05, 4.69) is 55.3 Å². The van der Waals surface area contributed by atoms with E-state index in [0.29, 0.717) is 53.7 Å². The minimum Gasteiger partial charge on any atom is -0.385 e. The van der Waals surface area contributed by atoms with Crippen molar-refractivity contribution in [2.75, 3.05) is 43.2 Å². The highest BCUT2D eigenvalue weighted by Crippen LogP contribution is 2.36. The van der Waals surface area contributed by atoms with Crippen molar-refractivity contribution in [3.63, 3.8) is 0 Å². The van der Waals surface area contributed by atoms with Crippen LogP contribution in [0.3, 0.4) is 0 Å². The zero-order valence-corrected chi connectivity index (χ0v) is 27.7. The van der Waals surface area contributed by atoms with Crippen LogP contribution in [0.15, 0.2) is 85.7 Å². The Morgan fingerprint density at radius 2 is 1.50 bits per heavy atom. The second-order valence-corrected chi connectivity index (χ2v) is 14.0. The largest absolute Gasteiger partial charge is 0.385 e. The second kappa shape index (κ2) is 16.0. The van der Waals surface area contributed by atoms with E-state index in [1.807, 2.05) is 26.0 Å². The number of ether oxygens (including phenoxy) is 1. The average molecular weight is 665 g/mol. The van der Waals surface area contributed by atoms with Gasteiger partial charge >= 0.3 is 0 Å². The fourth-order valence-electron chi connectivity index (χ4n) is 4.04. The topological polar surface area (TPSA) is 188 Å². The molecule has 0 aliphatic carbocycles. The van der Waals surface area contributed by atoms with Gasteiger partial charge in [0.1, 0.15) is 17.6 Å². The maximum Gasteiger partial charge on any atom is 0.199 e. The number of benzene rings is 2. The molecule has 15 heteroatoms. The Kier molecular flexibility index (Phi) is 12.4. The summed E-state index contributed by atoms with van der Waals surface area (Å²) in [6, 6.07) is 11.8. The van der Waals surface area contributed by atoms with Crippen molar-refractivity contribution in [1.29, 1.82) is 5.26 Å². The van der Waals surface area contributed by atoms with Gasteiger partial charge in [-0.05, 0) is 74.7 Å². The van der Waals surface area contributed by atoms with E-state index >= 15 is 0 Å². The van der Waals surface area contributed by atoms with Crippen LogP contribution >= 0.6 is 0 Å². The van der Waals surface area contributed by atoms with Gasteiger partial charge in [0.25, 0.3) is 0 Å². The third-order valence-corrected chi connectivity index (χ3v) is 9.36. The van der Waals surface area contributed by atoms with Gasteiger partial charge in [0.05, 0.1) is 33.3 Å². The number of nitriles is 1. The molecule has 0 spiro atoms. The molecular weight excluding hydrogens is 629 g/mol. The number of pyridine rings is 1. The SMILES string of the molecule is C=CS(=O)(=O)CCNc1nc(NCCCOC)c(/N=N/c2cc(C)c(/N=N/c3ccc(S(=O)(=O)C=C)cc3)cc2C)c(C)c1C#N. The van der Waals surface area contributed by atoms with E-state index in [1.54, 1.807) is 26.2 Å². The summed E-state index contributed by atoms with van der Waals surface area (Å²) in [6.45, 7) is 13.1. The third kappa shape index (κ3) is 9.36. The Morgan fingerprint density at radius 1 is 0.891 bits per heavy atom. The molecule has 0 amide bonds. The maximum atomic E-state index is 11.9. The zero-order valence-electron chi connectivity index (χ0n) is 26.1. The van der Waals surface area contributed by atoms with Gasteiger partial charge in [-0.3, -0.25) is 0 Å². The van der Waals surface area contributed by atoms with Crippen LogP contribution < -0.4 is 10.6 Å². The summed E-state index contributed by atoms with van der Waals surface area (Å²) in [7, 11) is -5.37. The summed E-state index contributed by atoms with van der Waals surface area (Å²) >= 11 is 0. The van der Waals surface area contributed by atoms with Crippen LogP contribution in [-0.2, 0) is 24.4 Å². The standard InChI is InChI=1S/C31H36N8O5S2/c1-7-45(40,41)17-15-34-30-26(20-32)23(5)29(31(35-30)33-14-9-16-44-6)39-38-28-19-21(3)27(18-22(28)4)37-36-24-10-12-25(13-11-24)46(42,43)8-2/h7-8,10-13,18-19H,1-2,9,14-17H2,3-6H3,(H2,33,34,35)/b37-36+,39-38+. The Balaban J connectivity index is 1.92. The van der Waals surface area contributed by atoms with Gasteiger partial charge in [-0.1, -0.05) is 13.2 Å². The first-order valence-electron chi connectivity index (χ1n) is 14.0. The Bertz CT molecular complexity index is 1920. The fraction of sp³-hybridized carbons (Fsp3) is 0.290. The zero-order chi connectivity index (χ0) is 33.9. The van der Waals surface area contributed by atoms with E-state index in [0.717, 1.165) is 21.9 Å². The highest BCUT2D eigenvalue weighted by Gasteiger charge is 2.18. The van der Waals surface area contributed by atoms with Crippen LogP contribution in [0.5, 0.6) is 0 Å². The molecule has 3 aromatic rings. The number of sulfone groups is 2. The maximum absolute atomic E-state index is 11.9. The number of aryl methyl sites for hydroxylation is 2. The summed E-state index contributed by atoms with van der Waals surface area (Å²) < 4.78 is 52.7. The van der Waals surface area contributed by atoms with Crippen molar-refractivity contribution in [2.45, 2.75) is 32.1 Å². The molecule has 0 atom stereocenters. The minimum atomic E-state index is -3.54. The molecule has 0 aliphatic heterocycles. The van der Waals surface area contributed by atoms with Gasteiger partial charge < -0.3 is 15.4 Å². The number of azo groups is 2. The molecule has 2 aromatic carbocycles. The molecule has 13 nitrogen and oxygen atoms in total. The number of anilines is 2. The lowest BCUT2D eigenvalue weighted by Gasteiger charge is -2.15. The highest BCUT2D eigenvalue weighted by molar-refractivity contribution is 7.94. The minimum absolute atomic E-state index is 0.0319. The van der Waals surface area contributed by atoms with Crippen LogP contribution in [0, 0.1) is 32.1 Å². The molecule has 0 radical (unpaired) electrons. The summed E-state index contributed by atoms with van der Waals surface area (Å²) in [4.78, 5) is 4.68. The highest BCUT2D eigenvalue weighted by atomic mass is 32.2. The van der Waals surface area contributed by atoms with Crippen LogP contribution in [-0.4, -0.2) is 54.4 Å². The van der Waals surface area contributed by atoms with Crippen LogP contribution in [0.4, 0.5) is 34.4 Å². The number of methoxy groups -OCH3 is 1. The molecule has 2 N–H and O–H groups in total. The first-order valence-corrected chi connectivity index (χ1v) is 17.3. The molecule has 0 bridgehead atoms. The summed E-state index contributed by atoms with van der Waals surface area (Å²) in [6.07, 6.45) is 0.681. The molecule has 46 heavy (non-hydrogen) atoms. The lowest BCUT2D eigenvalue weighted by Crippen LogP contribution is -2.16. The van der Waals surface area contributed by atoms with Crippen molar-refractivity contribution in [3.8, 4) is 6.07 Å². The van der Waals surface area contributed by atoms with Gasteiger partial charge in [-0.25, -0.2) is 21.8 Å². The number of hydrogen-bond donors (Lipinski definition) is 2. The normalized spacial score (nSPS) is 11.9. The average Bonchev–Trinajstić information content (AvgIpc) is 3.03. The van der Waals surface area contributed by atoms with E-state index in [-0.39, 0.29) is 28.6 Å². The van der Waals surface area contributed by atoms with Crippen molar-refractivity contribution in [3.05, 3.63) is 82.6 Å². The van der Waals surface area contributed by atoms with Crippen LogP contribution in [0.1, 0.15) is 28.7 Å². The molecule has 0 fully saturated rings. The quantitative estimate of drug-likeness (QED) is 0.119. The summed E-state index contributed by atoms with van der Waals surface area (Å²) in [5.74, 6) is 0.393. The lowest BCUT2D eigenvalue weighted by molar-refractivity contribution is 0.198. The fourth-order valence-corrected chi connectivity index (χ4v) is 5.30. The van der Waals surface area contributed by atoms with Crippen molar-refractivity contribution < 1.29 is 21.6 Å². The number of rotatable bonds is 16. The molecular formula is C31H36N8O5S2. The predicted octanol–water partition coefficient (Wildman–Crippen LogP) is 7.05. The molecule has 0 saturated carbocycles. The predicted molar refractivity (Wildman–Crippen MR) is 179 cm³/mol. The molecule has 1 heterocycles. The van der Waals surface area contributed by atoms with E-state index in [9.17, 15) is 22.1 Å². The Labute approximate surface area is 269 Å². The number of nitrogens with one attached hydrogen (secondary N) is 2. The van der Waals surface area contributed by atoms with Gasteiger partial charge in [-0.2, -0.15) is 20.6 Å². The second-order valence-electron chi connectivity index (χ2n) is 10.0. The third-order valence-electron chi connectivity index (χ3n) is 6.71. The smallest absolute Gasteiger partial charge is 0.199 e. The number of nitrogens with zero attached hydrogens (tertiary/aromatic N) is 6. The Morgan fingerprint density at radius 3 is 2.07 bits per heavy atom. The van der Waals surface area contributed by atoms with Crippen molar-refractivity contribution in [2.24, 2.45) is 20.5 Å². The number of hydrogen-bond acceptors (Lipinski definition) is 13. The van der Waals surface area contributed by atoms with Gasteiger partial charge in [-0.15, -0.1) is 5.11 Å². The van der Waals surface area contributed by atoms with E-state index < -0.39 is 19.7 Å².